The Bertz CT molecular complexity index is 1240. The van der Waals surface area contributed by atoms with Gasteiger partial charge in [0.1, 0.15) is 23.9 Å². The van der Waals surface area contributed by atoms with Crippen LogP contribution in [0.2, 0.25) is 0 Å². The highest BCUT2D eigenvalue weighted by atomic mass is 16.5. The summed E-state index contributed by atoms with van der Waals surface area (Å²) in [5.74, 6) is -0.452. The van der Waals surface area contributed by atoms with E-state index in [9.17, 15) is 9.59 Å². The minimum atomic E-state index is -0.320. The molecule has 0 unspecified atom stereocenters. The highest BCUT2D eigenvalue weighted by molar-refractivity contribution is 6.14. The minimum absolute atomic E-state index is 0.129. The third-order valence-electron chi connectivity index (χ3n) is 5.35. The molecule has 0 spiro atoms. The Hall–Kier alpha value is -3.98. The largest absolute Gasteiger partial charge is 0.449 e. The molecule has 1 fully saturated rings. The number of carbonyl (C=O) groups excluding carboxylic acids is 2. The lowest BCUT2D eigenvalue weighted by Gasteiger charge is -2.26. The van der Waals surface area contributed by atoms with Crippen molar-refractivity contribution in [1.82, 2.24) is 19.7 Å². The topological polar surface area (TPSA) is 102 Å². The van der Waals surface area contributed by atoms with Gasteiger partial charge in [-0.05, 0) is 29.8 Å². The molecule has 0 atom stereocenters. The predicted octanol–water partition coefficient (Wildman–Crippen LogP) is 2.80. The van der Waals surface area contributed by atoms with Gasteiger partial charge in [-0.25, -0.2) is 9.67 Å². The van der Waals surface area contributed by atoms with Crippen LogP contribution in [0.25, 0.3) is 11.0 Å². The number of benzene rings is 2. The van der Waals surface area contributed by atoms with Crippen LogP contribution in [0.15, 0.2) is 65.6 Å². The Labute approximate surface area is 183 Å². The number of rotatable bonds is 5. The first-order valence-corrected chi connectivity index (χ1v) is 10.3. The van der Waals surface area contributed by atoms with E-state index in [-0.39, 0.29) is 17.6 Å². The van der Waals surface area contributed by atoms with Crippen molar-refractivity contribution in [2.75, 3.05) is 31.6 Å². The van der Waals surface area contributed by atoms with Gasteiger partial charge in [0.25, 0.3) is 11.8 Å². The SMILES string of the molecule is O=C(Nc1c(C(=O)N2CCOCC2)oc2ccccc12)c1ccc(Cn2cncn2)cc1. The summed E-state index contributed by atoms with van der Waals surface area (Å²) in [6, 6.07) is 14.5. The molecule has 1 N–H and O–H groups in total. The van der Waals surface area contributed by atoms with Gasteiger partial charge in [0, 0.05) is 24.0 Å². The van der Waals surface area contributed by atoms with Crippen LogP contribution in [-0.2, 0) is 11.3 Å². The summed E-state index contributed by atoms with van der Waals surface area (Å²) in [5, 5.41) is 7.66. The van der Waals surface area contributed by atoms with Crippen LogP contribution in [0.3, 0.4) is 0 Å². The van der Waals surface area contributed by atoms with E-state index in [0.29, 0.717) is 55.1 Å². The number of nitrogens with zero attached hydrogens (tertiary/aromatic N) is 4. The zero-order chi connectivity index (χ0) is 21.9. The van der Waals surface area contributed by atoms with Crippen molar-refractivity contribution in [3.05, 3.63) is 78.1 Å². The first-order chi connectivity index (χ1) is 15.7. The van der Waals surface area contributed by atoms with Crippen molar-refractivity contribution in [3.8, 4) is 0 Å². The molecule has 0 bridgehead atoms. The molecule has 9 heteroatoms. The van der Waals surface area contributed by atoms with Gasteiger partial charge in [0.05, 0.1) is 19.8 Å². The molecule has 2 amide bonds. The number of hydrogen-bond donors (Lipinski definition) is 1. The molecular weight excluding hydrogens is 410 g/mol. The molecule has 1 aliphatic rings. The second-order valence-corrected chi connectivity index (χ2v) is 7.45. The Morgan fingerprint density at radius 2 is 1.81 bits per heavy atom. The molecule has 5 rings (SSSR count). The quantitative estimate of drug-likeness (QED) is 0.521. The fourth-order valence-corrected chi connectivity index (χ4v) is 3.68. The van der Waals surface area contributed by atoms with Crippen LogP contribution >= 0.6 is 0 Å². The van der Waals surface area contributed by atoms with Crippen molar-refractivity contribution in [1.29, 1.82) is 0 Å². The molecule has 0 radical (unpaired) electrons. The van der Waals surface area contributed by atoms with Gasteiger partial charge in [-0.3, -0.25) is 9.59 Å². The summed E-state index contributed by atoms with van der Waals surface area (Å²) in [4.78, 5) is 31.7. The Morgan fingerprint density at radius 1 is 1.03 bits per heavy atom. The van der Waals surface area contributed by atoms with Gasteiger partial charge in [-0.1, -0.05) is 24.3 Å². The van der Waals surface area contributed by atoms with Crippen LogP contribution in [0.4, 0.5) is 5.69 Å². The maximum Gasteiger partial charge on any atom is 0.291 e. The molecular formula is C23H21N5O4. The molecule has 32 heavy (non-hydrogen) atoms. The highest BCUT2D eigenvalue weighted by Crippen LogP contribution is 2.32. The number of anilines is 1. The molecule has 0 aliphatic carbocycles. The number of fused-ring (bicyclic) bond motifs is 1. The summed E-state index contributed by atoms with van der Waals surface area (Å²) in [6.45, 7) is 2.49. The van der Waals surface area contributed by atoms with Crippen LogP contribution in [0.1, 0.15) is 26.5 Å². The van der Waals surface area contributed by atoms with Gasteiger partial charge in [-0.15, -0.1) is 0 Å². The van der Waals surface area contributed by atoms with Gasteiger partial charge >= 0.3 is 0 Å². The molecule has 1 aliphatic heterocycles. The lowest BCUT2D eigenvalue weighted by Crippen LogP contribution is -2.40. The van der Waals surface area contributed by atoms with E-state index in [0.717, 1.165) is 5.56 Å². The lowest BCUT2D eigenvalue weighted by molar-refractivity contribution is 0.0285. The second kappa shape index (κ2) is 8.64. The Balaban J connectivity index is 1.40. The first kappa shape index (κ1) is 20.0. The lowest BCUT2D eigenvalue weighted by atomic mass is 10.1. The summed E-state index contributed by atoms with van der Waals surface area (Å²) < 4.78 is 12.9. The fourth-order valence-electron chi connectivity index (χ4n) is 3.68. The van der Waals surface area contributed by atoms with Gasteiger partial charge < -0.3 is 19.4 Å². The van der Waals surface area contributed by atoms with Gasteiger partial charge in [-0.2, -0.15) is 5.10 Å². The molecule has 0 saturated carbocycles. The normalized spacial score (nSPS) is 13.9. The maximum absolute atomic E-state index is 13.1. The predicted molar refractivity (Wildman–Crippen MR) is 116 cm³/mol. The molecule has 9 nitrogen and oxygen atoms in total. The fraction of sp³-hybridized carbons (Fsp3) is 0.217. The Kier molecular flexibility index (Phi) is 5.39. The van der Waals surface area contributed by atoms with Crippen molar-refractivity contribution < 1.29 is 18.7 Å². The number of carbonyl (C=O) groups is 2. The number of amides is 2. The number of furan rings is 1. The third kappa shape index (κ3) is 3.97. The van der Waals surface area contributed by atoms with Crippen LogP contribution < -0.4 is 5.32 Å². The van der Waals surface area contributed by atoms with E-state index in [1.54, 1.807) is 34.1 Å². The van der Waals surface area contributed by atoms with Crippen LogP contribution in [-0.4, -0.2) is 57.8 Å². The van der Waals surface area contributed by atoms with Crippen LogP contribution in [0, 0.1) is 0 Å². The third-order valence-corrected chi connectivity index (χ3v) is 5.35. The standard InChI is InChI=1S/C23H21N5O4/c29-22(17-7-5-16(6-8-17)13-28-15-24-14-25-28)26-20-18-3-1-2-4-19(18)32-21(20)23(30)27-9-11-31-12-10-27/h1-8,14-15H,9-13H2,(H,26,29). The van der Waals surface area contributed by atoms with Gasteiger partial charge in [0.15, 0.2) is 0 Å². The zero-order valence-corrected chi connectivity index (χ0v) is 17.2. The van der Waals surface area contributed by atoms with E-state index >= 15 is 0 Å². The average Bonchev–Trinajstić information content (AvgIpc) is 3.48. The Morgan fingerprint density at radius 3 is 2.56 bits per heavy atom. The average molecular weight is 431 g/mol. The van der Waals surface area contributed by atoms with E-state index in [1.165, 1.54) is 6.33 Å². The highest BCUT2D eigenvalue weighted by Gasteiger charge is 2.27. The minimum Gasteiger partial charge on any atom is -0.449 e. The number of para-hydroxylation sites is 1. The summed E-state index contributed by atoms with van der Waals surface area (Å²) in [6.07, 6.45) is 3.12. The number of nitrogens with one attached hydrogen (secondary N) is 1. The first-order valence-electron chi connectivity index (χ1n) is 10.3. The molecule has 3 heterocycles. The summed E-state index contributed by atoms with van der Waals surface area (Å²) >= 11 is 0. The molecule has 162 valence electrons. The van der Waals surface area contributed by atoms with Crippen LogP contribution in [0.5, 0.6) is 0 Å². The zero-order valence-electron chi connectivity index (χ0n) is 17.2. The van der Waals surface area contributed by atoms with E-state index < -0.39 is 0 Å². The number of morpholine rings is 1. The van der Waals surface area contributed by atoms with E-state index in [4.69, 9.17) is 9.15 Å². The van der Waals surface area contributed by atoms with Crippen molar-refractivity contribution in [2.45, 2.75) is 6.54 Å². The monoisotopic (exact) mass is 431 g/mol. The van der Waals surface area contributed by atoms with Crippen molar-refractivity contribution in [2.24, 2.45) is 0 Å². The maximum atomic E-state index is 13.1. The van der Waals surface area contributed by atoms with E-state index in [2.05, 4.69) is 15.4 Å². The molecule has 2 aromatic heterocycles. The van der Waals surface area contributed by atoms with Crippen molar-refractivity contribution >= 4 is 28.5 Å². The summed E-state index contributed by atoms with van der Waals surface area (Å²) in [5.41, 5.74) is 2.39. The number of hydrogen-bond acceptors (Lipinski definition) is 6. The summed E-state index contributed by atoms with van der Waals surface area (Å²) in [7, 11) is 0. The molecule has 1 saturated heterocycles. The van der Waals surface area contributed by atoms with E-state index in [1.807, 2.05) is 30.3 Å². The molecule has 4 aromatic rings. The second-order valence-electron chi connectivity index (χ2n) is 7.45. The smallest absolute Gasteiger partial charge is 0.291 e. The van der Waals surface area contributed by atoms with Crippen molar-refractivity contribution in [3.63, 3.8) is 0 Å². The number of ether oxygens (including phenoxy) is 1. The number of aromatic nitrogens is 3. The van der Waals surface area contributed by atoms with Gasteiger partial charge in [0.2, 0.25) is 5.76 Å². The molecule has 2 aromatic carbocycles.